The zero-order chi connectivity index (χ0) is 11.6. The summed E-state index contributed by atoms with van der Waals surface area (Å²) in [5.74, 6) is 0.0531. The summed E-state index contributed by atoms with van der Waals surface area (Å²) in [6.45, 7) is 3.34. The van der Waals surface area contributed by atoms with E-state index in [9.17, 15) is 4.79 Å². The molecule has 1 aromatic rings. The summed E-state index contributed by atoms with van der Waals surface area (Å²) in [4.78, 5) is 10.8. The summed E-state index contributed by atoms with van der Waals surface area (Å²) in [6, 6.07) is 3.74. The maximum atomic E-state index is 10.8. The van der Waals surface area contributed by atoms with Crippen LogP contribution in [0, 0.1) is 0 Å². The molecule has 0 spiro atoms. The first-order valence-electron chi connectivity index (χ1n) is 5.35. The van der Waals surface area contributed by atoms with Crippen LogP contribution in [0.4, 0.5) is 0 Å². The molecule has 5 nitrogen and oxygen atoms in total. The molecule has 0 amide bonds. The lowest BCUT2D eigenvalue weighted by Crippen LogP contribution is -2.68. The molecule has 2 heterocycles. The van der Waals surface area contributed by atoms with Crippen LogP contribution in [0.5, 0.6) is 0 Å². The molecule has 0 radical (unpaired) electrons. The van der Waals surface area contributed by atoms with Crippen LogP contribution in [0.3, 0.4) is 0 Å². The summed E-state index contributed by atoms with van der Waals surface area (Å²) >= 11 is 0. The zero-order valence-corrected chi connectivity index (χ0v) is 9.19. The number of aliphatic carboxylic acids is 1. The van der Waals surface area contributed by atoms with Gasteiger partial charge in [0.25, 0.3) is 0 Å². The second-order valence-electron chi connectivity index (χ2n) is 4.34. The van der Waals surface area contributed by atoms with E-state index >= 15 is 0 Å². The monoisotopic (exact) mass is 224 g/mol. The first-order chi connectivity index (χ1) is 7.61. The first kappa shape index (κ1) is 11.2. The molecule has 0 saturated carbocycles. The lowest BCUT2D eigenvalue weighted by Gasteiger charge is -2.44. The van der Waals surface area contributed by atoms with Crippen molar-refractivity contribution in [3.63, 3.8) is 0 Å². The largest absolute Gasteiger partial charge is 0.481 e. The number of carboxylic acids is 1. The quantitative estimate of drug-likeness (QED) is 0.688. The van der Waals surface area contributed by atoms with Crippen LogP contribution in [0.2, 0.25) is 0 Å². The summed E-state index contributed by atoms with van der Waals surface area (Å²) in [5.41, 5.74) is -0.335. The second-order valence-corrected chi connectivity index (χ2v) is 4.34. The van der Waals surface area contributed by atoms with Crippen LogP contribution in [-0.2, 0) is 4.79 Å². The molecule has 1 aliphatic rings. The first-order valence-corrected chi connectivity index (χ1v) is 5.35. The lowest BCUT2D eigenvalue weighted by molar-refractivity contribution is -0.139. The Morgan fingerprint density at radius 3 is 2.94 bits per heavy atom. The molecule has 1 aliphatic heterocycles. The van der Waals surface area contributed by atoms with Gasteiger partial charge in [0.1, 0.15) is 5.76 Å². The molecular formula is C11H16N2O3. The molecule has 0 bridgehead atoms. The van der Waals surface area contributed by atoms with Crippen molar-refractivity contribution in [3.05, 3.63) is 24.2 Å². The molecule has 0 aliphatic carbocycles. The molecule has 5 heteroatoms. The van der Waals surface area contributed by atoms with Gasteiger partial charge in [-0.1, -0.05) is 0 Å². The normalized spacial score (nSPS) is 20.1. The van der Waals surface area contributed by atoms with E-state index in [0.29, 0.717) is 13.1 Å². The molecule has 0 aromatic carbocycles. The topological polar surface area (TPSA) is 74.5 Å². The van der Waals surface area contributed by atoms with Crippen molar-refractivity contribution in [3.8, 4) is 0 Å². The second kappa shape index (κ2) is 4.27. The van der Waals surface area contributed by atoms with Gasteiger partial charge in [-0.25, -0.2) is 0 Å². The van der Waals surface area contributed by atoms with Crippen LogP contribution in [-0.4, -0.2) is 29.7 Å². The van der Waals surface area contributed by atoms with Crippen molar-refractivity contribution >= 4 is 5.97 Å². The van der Waals surface area contributed by atoms with E-state index in [1.807, 2.05) is 19.1 Å². The molecule has 1 aromatic heterocycles. The Balaban J connectivity index is 1.99. The molecule has 88 valence electrons. The molecule has 3 N–H and O–H groups in total. The van der Waals surface area contributed by atoms with Crippen LogP contribution in [0.15, 0.2) is 22.8 Å². The standard InChI is InChI=1S/C11H16N2O3/c1-8(9-3-2-4-16-9)13-11(5-10(14)15)6-12-7-11/h2-4,8,12-13H,5-7H2,1H3,(H,14,15)/t8-/m0/s1. The van der Waals surface area contributed by atoms with Gasteiger partial charge in [-0.15, -0.1) is 0 Å². The van der Waals surface area contributed by atoms with Crippen LogP contribution >= 0.6 is 0 Å². The summed E-state index contributed by atoms with van der Waals surface area (Å²) in [5, 5.41) is 15.3. The van der Waals surface area contributed by atoms with Crippen LogP contribution < -0.4 is 10.6 Å². The van der Waals surface area contributed by atoms with Gasteiger partial charge < -0.3 is 14.8 Å². The number of furan rings is 1. The van der Waals surface area contributed by atoms with E-state index in [1.54, 1.807) is 6.26 Å². The number of carboxylic acid groups (broad SMARTS) is 1. The molecule has 16 heavy (non-hydrogen) atoms. The third-order valence-electron chi connectivity index (χ3n) is 2.91. The minimum atomic E-state index is -0.777. The highest BCUT2D eigenvalue weighted by atomic mass is 16.4. The Morgan fingerprint density at radius 2 is 2.50 bits per heavy atom. The molecule has 1 atom stereocenters. The van der Waals surface area contributed by atoms with Gasteiger partial charge in [0.2, 0.25) is 0 Å². The smallest absolute Gasteiger partial charge is 0.305 e. The summed E-state index contributed by atoms with van der Waals surface area (Å²) in [6.07, 6.45) is 1.75. The highest BCUT2D eigenvalue weighted by Crippen LogP contribution is 2.22. The minimum Gasteiger partial charge on any atom is -0.481 e. The van der Waals surface area contributed by atoms with E-state index < -0.39 is 5.97 Å². The lowest BCUT2D eigenvalue weighted by atomic mass is 9.87. The van der Waals surface area contributed by atoms with Crippen molar-refractivity contribution in [2.75, 3.05) is 13.1 Å². The Labute approximate surface area is 93.8 Å². The van der Waals surface area contributed by atoms with Gasteiger partial charge in [-0.2, -0.15) is 0 Å². The van der Waals surface area contributed by atoms with Gasteiger partial charge in [-0.05, 0) is 19.1 Å². The molecular weight excluding hydrogens is 208 g/mol. The highest BCUT2D eigenvalue weighted by molar-refractivity contribution is 5.68. The maximum Gasteiger partial charge on any atom is 0.305 e. The van der Waals surface area contributed by atoms with E-state index in [4.69, 9.17) is 9.52 Å². The Bertz CT molecular complexity index is 357. The van der Waals surface area contributed by atoms with E-state index in [0.717, 1.165) is 5.76 Å². The average Bonchev–Trinajstić information content (AvgIpc) is 2.66. The van der Waals surface area contributed by atoms with E-state index in [2.05, 4.69) is 10.6 Å². The predicted octanol–water partition coefficient (Wildman–Crippen LogP) is 0.747. The fourth-order valence-electron chi connectivity index (χ4n) is 2.06. The van der Waals surface area contributed by atoms with Gasteiger partial charge in [-0.3, -0.25) is 10.1 Å². The highest BCUT2D eigenvalue weighted by Gasteiger charge is 2.40. The number of rotatable bonds is 5. The van der Waals surface area contributed by atoms with Gasteiger partial charge in [0.15, 0.2) is 0 Å². The molecule has 1 saturated heterocycles. The maximum absolute atomic E-state index is 10.8. The molecule has 2 rings (SSSR count). The van der Waals surface area contributed by atoms with Crippen molar-refractivity contribution in [1.29, 1.82) is 0 Å². The van der Waals surface area contributed by atoms with E-state index in [1.165, 1.54) is 0 Å². The van der Waals surface area contributed by atoms with Gasteiger partial charge in [0.05, 0.1) is 24.3 Å². The van der Waals surface area contributed by atoms with Crippen molar-refractivity contribution < 1.29 is 14.3 Å². The van der Waals surface area contributed by atoms with Crippen molar-refractivity contribution in [2.24, 2.45) is 0 Å². The van der Waals surface area contributed by atoms with E-state index in [-0.39, 0.29) is 18.0 Å². The fraction of sp³-hybridized carbons (Fsp3) is 0.545. The summed E-state index contributed by atoms with van der Waals surface area (Å²) in [7, 11) is 0. The summed E-state index contributed by atoms with van der Waals surface area (Å²) < 4.78 is 5.28. The zero-order valence-electron chi connectivity index (χ0n) is 9.19. The number of carbonyl (C=O) groups is 1. The van der Waals surface area contributed by atoms with Crippen LogP contribution in [0.1, 0.15) is 25.1 Å². The minimum absolute atomic E-state index is 0.0245. The fourth-order valence-corrected chi connectivity index (χ4v) is 2.06. The van der Waals surface area contributed by atoms with Crippen LogP contribution in [0.25, 0.3) is 0 Å². The number of hydrogen-bond donors (Lipinski definition) is 3. The van der Waals surface area contributed by atoms with Gasteiger partial charge >= 0.3 is 5.97 Å². The third kappa shape index (κ3) is 2.25. The SMILES string of the molecule is C[C@H](NC1(CC(=O)O)CNC1)c1ccco1. The number of hydrogen-bond acceptors (Lipinski definition) is 4. The number of nitrogens with one attached hydrogen (secondary N) is 2. The Kier molecular flexibility index (Phi) is 2.98. The molecule has 1 fully saturated rings. The average molecular weight is 224 g/mol. The Hall–Kier alpha value is -1.33. The van der Waals surface area contributed by atoms with Gasteiger partial charge in [0, 0.05) is 13.1 Å². The third-order valence-corrected chi connectivity index (χ3v) is 2.91. The molecule has 0 unspecified atom stereocenters. The predicted molar refractivity (Wildman–Crippen MR) is 58.1 cm³/mol. The Morgan fingerprint density at radius 1 is 1.75 bits per heavy atom. The van der Waals surface area contributed by atoms with Crippen molar-refractivity contribution in [2.45, 2.75) is 24.9 Å². The van der Waals surface area contributed by atoms with Crippen molar-refractivity contribution in [1.82, 2.24) is 10.6 Å².